The summed E-state index contributed by atoms with van der Waals surface area (Å²) in [6, 6.07) is 15.6. The second-order valence-corrected chi connectivity index (χ2v) is 9.06. The van der Waals surface area contributed by atoms with Crippen molar-refractivity contribution < 1.29 is 14.3 Å². The Balaban J connectivity index is 1.11. The molecule has 3 aromatic rings. The van der Waals surface area contributed by atoms with E-state index in [1.807, 2.05) is 36.4 Å². The van der Waals surface area contributed by atoms with Gasteiger partial charge >= 0.3 is 0 Å². The van der Waals surface area contributed by atoms with Crippen LogP contribution in [-0.4, -0.2) is 47.0 Å². The number of aromatic nitrogens is 2. The monoisotopic (exact) mass is 461 g/mol. The van der Waals surface area contributed by atoms with Gasteiger partial charge in [0, 0.05) is 18.0 Å². The summed E-state index contributed by atoms with van der Waals surface area (Å²) >= 11 is 1.51. The minimum atomic E-state index is -0.0103. The molecular weight excluding hydrogens is 438 g/mol. The van der Waals surface area contributed by atoms with Gasteiger partial charge in [-0.3, -0.25) is 4.79 Å². The van der Waals surface area contributed by atoms with E-state index in [2.05, 4.69) is 26.7 Å². The highest BCUT2D eigenvalue weighted by molar-refractivity contribution is 8.00. The number of amides is 1. The molecule has 8 nitrogen and oxygen atoms in total. The first-order valence-electron chi connectivity index (χ1n) is 10.9. The lowest BCUT2D eigenvalue weighted by atomic mass is 10.1. The number of ether oxygens (including phenoxy) is 2. The molecule has 9 heteroatoms. The molecule has 2 aliphatic rings. The molecule has 1 saturated heterocycles. The molecule has 4 heterocycles. The molecule has 0 aliphatic carbocycles. The Morgan fingerprint density at radius 2 is 2.15 bits per heavy atom. The molecule has 1 fully saturated rings. The molecule has 2 unspecified atom stereocenters. The SMILES string of the molecule is N#Cc1ccc2cccc(OCC3CCC(NCc4ccc5c(n4)NC(=O)CS5)CO3)c2n1. The minimum absolute atomic E-state index is 0.00608. The Morgan fingerprint density at radius 3 is 3.00 bits per heavy atom. The lowest BCUT2D eigenvalue weighted by molar-refractivity contribution is -0.113. The topological polar surface area (TPSA) is 109 Å². The van der Waals surface area contributed by atoms with Crippen LogP contribution < -0.4 is 15.4 Å². The van der Waals surface area contributed by atoms with Gasteiger partial charge in [0.05, 0.1) is 29.1 Å². The molecule has 2 aromatic heterocycles. The average Bonchev–Trinajstić information content (AvgIpc) is 2.86. The van der Waals surface area contributed by atoms with Crippen LogP contribution in [-0.2, 0) is 16.1 Å². The number of para-hydroxylation sites is 1. The van der Waals surface area contributed by atoms with Crippen molar-refractivity contribution in [1.29, 1.82) is 5.26 Å². The van der Waals surface area contributed by atoms with Gasteiger partial charge in [-0.1, -0.05) is 12.1 Å². The van der Waals surface area contributed by atoms with Gasteiger partial charge < -0.3 is 20.1 Å². The Kier molecular flexibility index (Phi) is 6.39. The summed E-state index contributed by atoms with van der Waals surface area (Å²) in [6.45, 7) is 1.65. The summed E-state index contributed by atoms with van der Waals surface area (Å²) in [6.07, 6.45) is 1.85. The molecule has 2 aliphatic heterocycles. The average molecular weight is 462 g/mol. The van der Waals surface area contributed by atoms with Crippen LogP contribution in [0.2, 0.25) is 0 Å². The molecular formula is C24H23N5O3S. The third-order valence-electron chi connectivity index (χ3n) is 5.70. The number of nitrogens with one attached hydrogen (secondary N) is 2. The number of pyridine rings is 2. The van der Waals surface area contributed by atoms with Crippen molar-refractivity contribution in [2.45, 2.75) is 36.4 Å². The number of anilines is 1. The second-order valence-electron chi connectivity index (χ2n) is 8.04. The van der Waals surface area contributed by atoms with E-state index in [1.54, 1.807) is 6.07 Å². The number of hydrogen-bond donors (Lipinski definition) is 2. The van der Waals surface area contributed by atoms with Crippen LogP contribution in [0.25, 0.3) is 10.9 Å². The fourth-order valence-electron chi connectivity index (χ4n) is 3.93. The van der Waals surface area contributed by atoms with E-state index in [4.69, 9.17) is 14.7 Å². The maximum absolute atomic E-state index is 11.6. The van der Waals surface area contributed by atoms with Crippen molar-refractivity contribution in [3.63, 3.8) is 0 Å². The quantitative estimate of drug-likeness (QED) is 0.576. The first-order chi connectivity index (χ1) is 16.2. The fraction of sp³-hybridized carbons (Fsp3) is 0.333. The smallest absolute Gasteiger partial charge is 0.235 e. The van der Waals surface area contributed by atoms with E-state index in [0.29, 0.717) is 48.3 Å². The summed E-state index contributed by atoms with van der Waals surface area (Å²) in [5.41, 5.74) is 1.96. The van der Waals surface area contributed by atoms with Crippen molar-refractivity contribution in [1.82, 2.24) is 15.3 Å². The summed E-state index contributed by atoms with van der Waals surface area (Å²) in [4.78, 5) is 21.5. The third kappa shape index (κ3) is 5.09. The van der Waals surface area contributed by atoms with E-state index in [0.717, 1.165) is 28.8 Å². The molecule has 0 bridgehead atoms. The lowest BCUT2D eigenvalue weighted by Gasteiger charge is -2.29. The number of fused-ring (bicyclic) bond motifs is 2. The Morgan fingerprint density at radius 1 is 1.21 bits per heavy atom. The molecule has 1 amide bonds. The van der Waals surface area contributed by atoms with Gasteiger partial charge in [-0.15, -0.1) is 11.8 Å². The molecule has 0 radical (unpaired) electrons. The molecule has 33 heavy (non-hydrogen) atoms. The number of benzene rings is 1. The highest BCUT2D eigenvalue weighted by atomic mass is 32.2. The van der Waals surface area contributed by atoms with Gasteiger partial charge in [-0.2, -0.15) is 5.26 Å². The largest absolute Gasteiger partial charge is 0.489 e. The number of carbonyl (C=O) groups is 1. The Hall–Kier alpha value is -3.19. The van der Waals surface area contributed by atoms with Crippen LogP contribution in [0, 0.1) is 11.3 Å². The van der Waals surface area contributed by atoms with Gasteiger partial charge in [0.2, 0.25) is 5.91 Å². The second kappa shape index (κ2) is 9.75. The lowest BCUT2D eigenvalue weighted by Crippen LogP contribution is -2.41. The van der Waals surface area contributed by atoms with E-state index in [1.165, 1.54) is 11.8 Å². The summed E-state index contributed by atoms with van der Waals surface area (Å²) < 4.78 is 12.0. The third-order valence-corrected chi connectivity index (χ3v) is 6.74. The molecule has 2 atom stereocenters. The molecule has 5 rings (SSSR count). The molecule has 1 aromatic carbocycles. The zero-order valence-electron chi connectivity index (χ0n) is 17.9. The summed E-state index contributed by atoms with van der Waals surface area (Å²) in [5.74, 6) is 1.74. The predicted octanol–water partition coefficient (Wildman–Crippen LogP) is 3.26. The van der Waals surface area contributed by atoms with Crippen LogP contribution in [0.3, 0.4) is 0 Å². The van der Waals surface area contributed by atoms with E-state index < -0.39 is 0 Å². The van der Waals surface area contributed by atoms with Crippen molar-refractivity contribution >= 4 is 34.4 Å². The van der Waals surface area contributed by atoms with Crippen LogP contribution in [0.1, 0.15) is 24.2 Å². The predicted molar refractivity (Wildman–Crippen MR) is 125 cm³/mol. The van der Waals surface area contributed by atoms with Gasteiger partial charge in [0.25, 0.3) is 0 Å². The number of rotatable bonds is 6. The number of nitrogens with zero attached hydrogens (tertiary/aromatic N) is 3. The van der Waals surface area contributed by atoms with Crippen LogP contribution in [0.5, 0.6) is 5.75 Å². The first kappa shape index (κ1) is 21.6. The zero-order valence-corrected chi connectivity index (χ0v) is 18.7. The van der Waals surface area contributed by atoms with Crippen LogP contribution in [0.4, 0.5) is 5.82 Å². The molecule has 0 saturated carbocycles. The zero-order chi connectivity index (χ0) is 22.6. The number of nitriles is 1. The van der Waals surface area contributed by atoms with E-state index in [9.17, 15) is 4.79 Å². The highest BCUT2D eigenvalue weighted by Crippen LogP contribution is 2.30. The van der Waals surface area contributed by atoms with Crippen molar-refractivity contribution in [2.75, 3.05) is 24.3 Å². The van der Waals surface area contributed by atoms with Crippen LogP contribution in [0.15, 0.2) is 47.4 Å². The van der Waals surface area contributed by atoms with Crippen molar-refractivity contribution in [3.05, 3.63) is 53.9 Å². The number of thioether (sulfide) groups is 1. The van der Waals surface area contributed by atoms with Gasteiger partial charge in [0.1, 0.15) is 35.5 Å². The molecule has 0 spiro atoms. The van der Waals surface area contributed by atoms with E-state index in [-0.39, 0.29) is 18.1 Å². The van der Waals surface area contributed by atoms with Gasteiger partial charge in [-0.05, 0) is 43.2 Å². The summed E-state index contributed by atoms with van der Waals surface area (Å²) in [7, 11) is 0. The Bertz CT molecular complexity index is 1220. The maximum atomic E-state index is 11.6. The van der Waals surface area contributed by atoms with Crippen LogP contribution >= 0.6 is 11.8 Å². The molecule has 2 N–H and O–H groups in total. The first-order valence-corrected chi connectivity index (χ1v) is 11.9. The van der Waals surface area contributed by atoms with E-state index >= 15 is 0 Å². The normalized spacial score (nSPS) is 20.0. The molecule has 168 valence electrons. The minimum Gasteiger partial charge on any atom is -0.489 e. The van der Waals surface area contributed by atoms with Crippen molar-refractivity contribution in [3.8, 4) is 11.8 Å². The number of hydrogen-bond acceptors (Lipinski definition) is 8. The maximum Gasteiger partial charge on any atom is 0.235 e. The Labute approximate surface area is 195 Å². The van der Waals surface area contributed by atoms with Gasteiger partial charge in [0.15, 0.2) is 0 Å². The fourth-order valence-corrected chi connectivity index (χ4v) is 4.69. The van der Waals surface area contributed by atoms with Gasteiger partial charge in [-0.25, -0.2) is 9.97 Å². The standard InChI is InChI=1S/C24H23N5O3S/c25-10-16-5-4-15-2-1-3-20(23(15)27-16)32-13-19-8-6-18(12-31-19)26-11-17-7-9-21-24(28-17)29-22(30)14-33-21/h1-5,7,9,18-19,26H,6,8,11-14H2,(H,28,29,30). The van der Waals surface area contributed by atoms with Crippen molar-refractivity contribution in [2.24, 2.45) is 0 Å². The highest BCUT2D eigenvalue weighted by Gasteiger charge is 2.23. The number of carbonyl (C=O) groups excluding carboxylic acids is 1. The summed E-state index contributed by atoms with van der Waals surface area (Å²) in [5, 5.41) is 16.4.